The lowest BCUT2D eigenvalue weighted by Gasteiger charge is -2.10. The number of hydrogen-bond donors (Lipinski definition) is 1. The summed E-state index contributed by atoms with van der Waals surface area (Å²) in [6.45, 7) is 0.686. The zero-order valence-corrected chi connectivity index (χ0v) is 13.1. The Bertz CT molecular complexity index is 700. The van der Waals surface area contributed by atoms with E-state index in [2.05, 4.69) is 15.4 Å². The van der Waals surface area contributed by atoms with Crippen LogP contribution in [0.25, 0.3) is 0 Å². The minimum Gasteiger partial charge on any atom is -0.316 e. The third-order valence-electron chi connectivity index (χ3n) is 4.94. The summed E-state index contributed by atoms with van der Waals surface area (Å²) in [4.78, 5) is 4.48. The number of piperidine rings is 1. The summed E-state index contributed by atoms with van der Waals surface area (Å²) in [7, 11) is 0. The maximum Gasteiger partial charge on any atom is 0.408 e. The van der Waals surface area contributed by atoms with Crippen LogP contribution in [0.4, 0.5) is 13.2 Å². The van der Waals surface area contributed by atoms with Crippen LogP contribution in [-0.4, -0.2) is 34.0 Å². The molecule has 0 bridgehead atoms. The summed E-state index contributed by atoms with van der Waals surface area (Å²) < 4.78 is 39.6. The van der Waals surface area contributed by atoms with E-state index in [0.717, 1.165) is 29.8 Å². The van der Waals surface area contributed by atoms with E-state index in [1.165, 1.54) is 0 Å². The van der Waals surface area contributed by atoms with E-state index in [-0.39, 0.29) is 5.92 Å². The lowest BCUT2D eigenvalue weighted by Crippen LogP contribution is -2.22. The quantitative estimate of drug-likeness (QED) is 0.912. The van der Waals surface area contributed by atoms with Gasteiger partial charge in [0.25, 0.3) is 0 Å². The van der Waals surface area contributed by atoms with Gasteiger partial charge in [-0.15, -0.1) is 0 Å². The van der Waals surface area contributed by atoms with Crippen LogP contribution in [0.1, 0.15) is 23.1 Å². The fourth-order valence-electron chi connectivity index (χ4n) is 3.74. The summed E-state index contributed by atoms with van der Waals surface area (Å²) in [5.74, 6) is 2.00. The summed E-state index contributed by atoms with van der Waals surface area (Å²) in [5, 5.41) is 7.43. The largest absolute Gasteiger partial charge is 0.408 e. The molecule has 0 spiro atoms. The number of fused-ring (bicyclic) bond motifs is 1. The smallest absolute Gasteiger partial charge is 0.316 e. The van der Waals surface area contributed by atoms with E-state index in [9.17, 15) is 13.2 Å². The highest BCUT2D eigenvalue weighted by Crippen LogP contribution is 2.55. The Hall–Kier alpha value is -1.89. The molecule has 2 heterocycles. The number of rotatable bonds is 5. The molecule has 4 nitrogen and oxygen atoms in total. The first-order valence-electron chi connectivity index (χ1n) is 8.26. The zero-order valence-electron chi connectivity index (χ0n) is 13.1. The van der Waals surface area contributed by atoms with E-state index in [0.29, 0.717) is 29.9 Å². The van der Waals surface area contributed by atoms with Gasteiger partial charge in [-0.05, 0) is 36.9 Å². The molecule has 1 aliphatic carbocycles. The first kappa shape index (κ1) is 15.6. The lowest BCUT2D eigenvalue weighted by molar-refractivity contribution is -0.143. The van der Waals surface area contributed by atoms with E-state index in [1.54, 1.807) is 0 Å². The number of alkyl halides is 3. The summed E-state index contributed by atoms with van der Waals surface area (Å²) in [5.41, 5.74) is 1.14. The summed E-state index contributed by atoms with van der Waals surface area (Å²) >= 11 is 0. The molecule has 1 saturated heterocycles. The average molecular weight is 336 g/mol. The number of aryl methyl sites for hydroxylation is 2. The minimum absolute atomic E-state index is 0.131. The van der Waals surface area contributed by atoms with E-state index >= 15 is 0 Å². The molecule has 0 amide bonds. The topological polar surface area (TPSA) is 42.7 Å². The Morgan fingerprint density at radius 3 is 2.46 bits per heavy atom. The van der Waals surface area contributed by atoms with Crippen LogP contribution in [0.3, 0.4) is 0 Å². The summed E-state index contributed by atoms with van der Waals surface area (Å²) in [6.07, 6.45) is -2.99. The standard InChI is InChI=1S/C17H19F3N4/c18-17(19,20)10-24-16(15-12-8-21-9-13(12)15)22-14(23-24)7-6-11-4-2-1-3-5-11/h1-5,12-13,15,21H,6-10H2/t12-,13+,15?. The van der Waals surface area contributed by atoms with Crippen LogP contribution < -0.4 is 5.32 Å². The second-order valence-electron chi connectivity index (χ2n) is 6.66. The zero-order chi connectivity index (χ0) is 16.7. The number of halogens is 3. The maximum absolute atomic E-state index is 12.9. The van der Waals surface area contributed by atoms with Crippen LogP contribution >= 0.6 is 0 Å². The van der Waals surface area contributed by atoms with Crippen molar-refractivity contribution in [3.63, 3.8) is 0 Å². The van der Waals surface area contributed by atoms with Gasteiger partial charge in [0.05, 0.1) is 0 Å². The van der Waals surface area contributed by atoms with Gasteiger partial charge in [-0.2, -0.15) is 18.3 Å². The second kappa shape index (κ2) is 5.88. The second-order valence-corrected chi connectivity index (χ2v) is 6.66. The fraction of sp³-hybridized carbons (Fsp3) is 0.529. The first-order chi connectivity index (χ1) is 11.5. The van der Waals surface area contributed by atoms with Crippen molar-refractivity contribution in [2.75, 3.05) is 13.1 Å². The Kier molecular flexibility index (Phi) is 3.83. The highest BCUT2D eigenvalue weighted by atomic mass is 19.4. The molecule has 128 valence electrons. The maximum atomic E-state index is 12.9. The van der Waals surface area contributed by atoms with E-state index in [4.69, 9.17) is 0 Å². The van der Waals surface area contributed by atoms with Crippen molar-refractivity contribution in [1.82, 2.24) is 20.1 Å². The highest BCUT2D eigenvalue weighted by Gasteiger charge is 2.56. The molecule has 7 heteroatoms. The summed E-state index contributed by atoms with van der Waals surface area (Å²) in [6, 6.07) is 9.86. The van der Waals surface area contributed by atoms with Crippen molar-refractivity contribution < 1.29 is 13.2 Å². The molecule has 1 unspecified atom stereocenters. The van der Waals surface area contributed by atoms with Crippen LogP contribution in [-0.2, 0) is 19.4 Å². The number of nitrogens with zero attached hydrogens (tertiary/aromatic N) is 3. The Balaban J connectivity index is 1.52. The Labute approximate surface area is 138 Å². The van der Waals surface area contributed by atoms with Crippen molar-refractivity contribution in [2.24, 2.45) is 11.8 Å². The van der Waals surface area contributed by atoms with Crippen molar-refractivity contribution in [3.05, 3.63) is 47.5 Å². The third-order valence-corrected chi connectivity index (χ3v) is 4.94. The molecule has 4 rings (SSSR count). The Morgan fingerprint density at radius 2 is 1.79 bits per heavy atom. The number of aromatic nitrogens is 3. The van der Waals surface area contributed by atoms with Gasteiger partial charge in [-0.25, -0.2) is 9.67 Å². The molecule has 2 fully saturated rings. The molecular formula is C17H19F3N4. The van der Waals surface area contributed by atoms with Crippen molar-refractivity contribution >= 4 is 0 Å². The molecule has 3 atom stereocenters. The van der Waals surface area contributed by atoms with Gasteiger partial charge in [0.2, 0.25) is 0 Å². The molecule has 1 aromatic heterocycles. The van der Waals surface area contributed by atoms with Crippen LogP contribution in [0.2, 0.25) is 0 Å². The number of nitrogens with one attached hydrogen (secondary N) is 1. The number of hydrogen-bond acceptors (Lipinski definition) is 3. The third kappa shape index (κ3) is 3.17. The molecule has 0 radical (unpaired) electrons. The van der Waals surface area contributed by atoms with Crippen LogP contribution in [0.15, 0.2) is 30.3 Å². The fourth-order valence-corrected chi connectivity index (χ4v) is 3.74. The molecular weight excluding hydrogens is 317 g/mol. The van der Waals surface area contributed by atoms with Crippen molar-refractivity contribution in [2.45, 2.75) is 31.5 Å². The molecule has 1 N–H and O–H groups in total. The monoisotopic (exact) mass is 336 g/mol. The van der Waals surface area contributed by atoms with Gasteiger partial charge >= 0.3 is 6.18 Å². The highest BCUT2D eigenvalue weighted by molar-refractivity contribution is 5.21. The van der Waals surface area contributed by atoms with Crippen molar-refractivity contribution in [1.29, 1.82) is 0 Å². The van der Waals surface area contributed by atoms with Crippen LogP contribution in [0.5, 0.6) is 0 Å². The Morgan fingerprint density at radius 1 is 1.08 bits per heavy atom. The van der Waals surface area contributed by atoms with Gasteiger partial charge in [-0.1, -0.05) is 30.3 Å². The SMILES string of the molecule is FC(F)(F)Cn1nc(CCc2ccccc2)nc1C1[C@H]2CNC[C@@H]12. The minimum atomic E-state index is -4.28. The van der Waals surface area contributed by atoms with Crippen LogP contribution in [0, 0.1) is 11.8 Å². The predicted molar refractivity (Wildman–Crippen MR) is 82.5 cm³/mol. The normalized spacial score (nSPS) is 25.7. The molecule has 1 aromatic carbocycles. The van der Waals surface area contributed by atoms with E-state index in [1.807, 2.05) is 30.3 Å². The lowest BCUT2D eigenvalue weighted by atomic mass is 10.1. The molecule has 1 aliphatic heterocycles. The first-order valence-corrected chi connectivity index (χ1v) is 8.26. The van der Waals surface area contributed by atoms with Gasteiger partial charge < -0.3 is 5.32 Å². The molecule has 2 aliphatic rings. The molecule has 2 aromatic rings. The van der Waals surface area contributed by atoms with Gasteiger partial charge in [0.15, 0.2) is 5.82 Å². The van der Waals surface area contributed by atoms with Gasteiger partial charge in [0, 0.05) is 12.3 Å². The number of benzene rings is 1. The molecule has 1 saturated carbocycles. The molecule has 24 heavy (non-hydrogen) atoms. The average Bonchev–Trinajstić information content (AvgIpc) is 2.88. The van der Waals surface area contributed by atoms with E-state index < -0.39 is 12.7 Å². The van der Waals surface area contributed by atoms with Crippen molar-refractivity contribution in [3.8, 4) is 0 Å². The predicted octanol–water partition coefficient (Wildman–Crippen LogP) is 2.56. The van der Waals surface area contributed by atoms with Gasteiger partial charge in [0.1, 0.15) is 12.4 Å². The van der Waals surface area contributed by atoms with Gasteiger partial charge in [-0.3, -0.25) is 0 Å².